The van der Waals surface area contributed by atoms with Gasteiger partial charge in [-0.25, -0.2) is 12.7 Å². The van der Waals surface area contributed by atoms with Gasteiger partial charge in [0.2, 0.25) is 0 Å². The van der Waals surface area contributed by atoms with Crippen LogP contribution in [0.5, 0.6) is 5.75 Å². The van der Waals surface area contributed by atoms with E-state index >= 15 is 0 Å². The number of rotatable bonds is 6. The van der Waals surface area contributed by atoms with Gasteiger partial charge in [-0.3, -0.25) is 9.69 Å². The van der Waals surface area contributed by atoms with E-state index < -0.39 is 15.9 Å². The Balaban J connectivity index is 1.17. The Morgan fingerprint density at radius 1 is 0.935 bits per heavy atom. The summed E-state index contributed by atoms with van der Waals surface area (Å²) in [6.07, 6.45) is 1.63. The lowest BCUT2D eigenvalue weighted by Gasteiger charge is -2.20. The van der Waals surface area contributed by atoms with Gasteiger partial charge >= 0.3 is 0 Å². The lowest BCUT2D eigenvalue weighted by Crippen LogP contribution is -2.33. The van der Waals surface area contributed by atoms with Crippen molar-refractivity contribution >= 4 is 26.7 Å². The Morgan fingerprint density at radius 3 is 2.58 bits per heavy atom. The summed E-state index contributed by atoms with van der Waals surface area (Å²) in [6, 6.07) is 20.7. The zero-order chi connectivity index (χ0) is 21.4. The van der Waals surface area contributed by atoms with Crippen LogP contribution in [0.15, 0.2) is 71.6 Å². The summed E-state index contributed by atoms with van der Waals surface area (Å²) >= 11 is 0. The van der Waals surface area contributed by atoms with Crippen molar-refractivity contribution < 1.29 is 17.9 Å². The average Bonchev–Trinajstić information content (AvgIpc) is 3.30. The van der Waals surface area contributed by atoms with Crippen molar-refractivity contribution in [2.24, 2.45) is 0 Å². The van der Waals surface area contributed by atoms with Crippen LogP contribution in [0.25, 0.3) is 10.8 Å². The van der Waals surface area contributed by atoms with E-state index in [4.69, 9.17) is 4.74 Å². The van der Waals surface area contributed by atoms with Crippen LogP contribution in [-0.2, 0) is 10.0 Å². The summed E-state index contributed by atoms with van der Waals surface area (Å²) in [6.45, 7) is 2.62. The number of nitrogens with zero attached hydrogens (tertiary/aromatic N) is 2. The van der Waals surface area contributed by atoms with Crippen molar-refractivity contribution in [1.29, 1.82) is 0 Å². The standard InChI is InChI=1S/C24H24N2O4S/c27-24-21-10-3-4-12-23(21)31(28,29)26(24)15-6-14-25-16-13-19(17-25)30-22-11-5-8-18-7-1-2-9-20(18)22/h1-5,7-12,19H,6,13-17H2. The molecule has 31 heavy (non-hydrogen) atoms. The van der Waals surface area contributed by atoms with Gasteiger partial charge in [0.25, 0.3) is 15.9 Å². The van der Waals surface area contributed by atoms with Crippen LogP contribution in [0.4, 0.5) is 0 Å². The molecule has 2 aliphatic rings. The summed E-state index contributed by atoms with van der Waals surface area (Å²) < 4.78 is 32.6. The first-order valence-electron chi connectivity index (χ1n) is 10.6. The summed E-state index contributed by atoms with van der Waals surface area (Å²) in [5.41, 5.74) is 0.271. The monoisotopic (exact) mass is 436 g/mol. The van der Waals surface area contributed by atoms with E-state index in [0.717, 1.165) is 46.9 Å². The zero-order valence-electron chi connectivity index (χ0n) is 17.1. The molecule has 0 radical (unpaired) electrons. The van der Waals surface area contributed by atoms with Gasteiger partial charge in [-0.15, -0.1) is 0 Å². The summed E-state index contributed by atoms with van der Waals surface area (Å²) in [4.78, 5) is 14.9. The first-order chi connectivity index (χ1) is 15.0. The molecule has 0 bridgehead atoms. The molecule has 1 unspecified atom stereocenters. The SMILES string of the molecule is O=C1c2ccccc2S(=O)(=O)N1CCCN1CCC(Oc2cccc3ccccc23)C1. The largest absolute Gasteiger partial charge is 0.488 e. The molecule has 0 saturated carbocycles. The fraction of sp³-hybridized carbons (Fsp3) is 0.292. The summed E-state index contributed by atoms with van der Waals surface area (Å²) in [5, 5.41) is 2.27. The third-order valence-corrected chi connectivity index (χ3v) is 7.86. The lowest BCUT2D eigenvalue weighted by atomic mass is 10.1. The molecule has 1 amide bonds. The number of ether oxygens (including phenoxy) is 1. The van der Waals surface area contributed by atoms with Crippen molar-refractivity contribution in [3.8, 4) is 5.75 Å². The number of likely N-dealkylation sites (tertiary alicyclic amines) is 1. The van der Waals surface area contributed by atoms with Crippen LogP contribution in [0.1, 0.15) is 23.2 Å². The Kier molecular flexibility index (Phi) is 5.16. The molecule has 1 fully saturated rings. The first-order valence-corrected chi connectivity index (χ1v) is 12.0. The lowest BCUT2D eigenvalue weighted by molar-refractivity contribution is 0.0867. The van der Waals surface area contributed by atoms with Crippen molar-refractivity contribution in [2.75, 3.05) is 26.2 Å². The van der Waals surface area contributed by atoms with Gasteiger partial charge in [0.15, 0.2) is 0 Å². The Labute approximate surface area is 182 Å². The third-order valence-electron chi connectivity index (χ3n) is 6.02. The maximum atomic E-state index is 12.7. The van der Waals surface area contributed by atoms with Crippen molar-refractivity contribution in [1.82, 2.24) is 9.21 Å². The Morgan fingerprint density at radius 2 is 1.71 bits per heavy atom. The van der Waals surface area contributed by atoms with E-state index in [2.05, 4.69) is 23.1 Å². The molecule has 0 spiro atoms. The van der Waals surface area contributed by atoms with Crippen molar-refractivity contribution in [3.63, 3.8) is 0 Å². The molecule has 2 heterocycles. The summed E-state index contributed by atoms with van der Waals surface area (Å²) in [5.74, 6) is 0.477. The fourth-order valence-electron chi connectivity index (χ4n) is 4.46. The molecular formula is C24H24N2O4S. The number of carbonyl (C=O) groups is 1. The van der Waals surface area contributed by atoms with Crippen LogP contribution >= 0.6 is 0 Å². The predicted molar refractivity (Wildman–Crippen MR) is 119 cm³/mol. The number of benzene rings is 3. The molecule has 3 aromatic rings. The molecule has 1 saturated heterocycles. The zero-order valence-corrected chi connectivity index (χ0v) is 17.9. The van der Waals surface area contributed by atoms with Crippen LogP contribution in [-0.4, -0.2) is 55.8 Å². The molecule has 7 heteroatoms. The van der Waals surface area contributed by atoms with Crippen molar-refractivity contribution in [2.45, 2.75) is 23.8 Å². The van der Waals surface area contributed by atoms with Gasteiger partial charge in [-0.2, -0.15) is 0 Å². The Hall–Kier alpha value is -2.90. The van der Waals surface area contributed by atoms with Gasteiger partial charge in [0.1, 0.15) is 16.7 Å². The second-order valence-corrected chi connectivity index (χ2v) is 9.87. The maximum absolute atomic E-state index is 12.7. The number of sulfonamides is 1. The second-order valence-electron chi connectivity index (χ2n) is 8.04. The normalized spacial score (nSPS) is 20.3. The average molecular weight is 437 g/mol. The Bertz CT molecular complexity index is 1240. The second kappa shape index (κ2) is 7.98. The molecule has 1 atom stereocenters. The highest BCUT2D eigenvalue weighted by atomic mass is 32.2. The van der Waals surface area contributed by atoms with E-state index in [1.807, 2.05) is 24.3 Å². The van der Waals surface area contributed by atoms with Gasteiger partial charge in [-0.1, -0.05) is 48.5 Å². The number of amides is 1. The minimum Gasteiger partial charge on any atom is -0.488 e. The fourth-order valence-corrected chi connectivity index (χ4v) is 6.07. The van der Waals surface area contributed by atoms with Crippen LogP contribution < -0.4 is 4.74 Å². The minimum absolute atomic E-state index is 0.104. The molecule has 2 aliphatic heterocycles. The van der Waals surface area contributed by atoms with E-state index in [0.29, 0.717) is 6.42 Å². The molecule has 6 nitrogen and oxygen atoms in total. The van der Waals surface area contributed by atoms with Gasteiger partial charge < -0.3 is 4.74 Å². The quantitative estimate of drug-likeness (QED) is 0.591. The van der Waals surface area contributed by atoms with E-state index in [1.165, 1.54) is 6.07 Å². The number of hydrogen-bond acceptors (Lipinski definition) is 5. The van der Waals surface area contributed by atoms with E-state index in [1.54, 1.807) is 18.2 Å². The van der Waals surface area contributed by atoms with Crippen LogP contribution in [0, 0.1) is 0 Å². The van der Waals surface area contributed by atoms with Crippen molar-refractivity contribution in [3.05, 3.63) is 72.3 Å². The molecule has 5 rings (SSSR count). The van der Waals surface area contributed by atoms with Crippen LogP contribution in [0.2, 0.25) is 0 Å². The molecule has 3 aromatic carbocycles. The highest BCUT2D eigenvalue weighted by Crippen LogP contribution is 2.30. The van der Waals surface area contributed by atoms with Gasteiger partial charge in [-0.05, 0) is 36.4 Å². The maximum Gasteiger partial charge on any atom is 0.269 e. The molecular weight excluding hydrogens is 412 g/mol. The topological polar surface area (TPSA) is 66.9 Å². The number of carbonyl (C=O) groups excluding carboxylic acids is 1. The highest BCUT2D eigenvalue weighted by Gasteiger charge is 2.40. The third kappa shape index (κ3) is 3.68. The van der Waals surface area contributed by atoms with Gasteiger partial charge in [0.05, 0.1) is 5.56 Å². The first kappa shape index (κ1) is 20.0. The predicted octanol–water partition coefficient (Wildman–Crippen LogP) is 3.53. The minimum atomic E-state index is -3.72. The number of hydrogen-bond donors (Lipinski definition) is 0. The number of fused-ring (bicyclic) bond motifs is 2. The summed E-state index contributed by atoms with van der Waals surface area (Å²) in [7, 11) is -3.72. The van der Waals surface area contributed by atoms with E-state index in [-0.39, 0.29) is 23.1 Å². The molecule has 0 N–H and O–H groups in total. The highest BCUT2D eigenvalue weighted by molar-refractivity contribution is 7.90. The van der Waals surface area contributed by atoms with Crippen LogP contribution in [0.3, 0.4) is 0 Å². The molecule has 160 valence electrons. The van der Waals surface area contributed by atoms with E-state index in [9.17, 15) is 13.2 Å². The van der Waals surface area contributed by atoms with Gasteiger partial charge in [0, 0.05) is 31.6 Å². The molecule has 0 aliphatic carbocycles. The molecule has 0 aromatic heterocycles. The smallest absolute Gasteiger partial charge is 0.269 e.